The molecule has 1 N–H and O–H groups in total. The number of amides is 1. The highest BCUT2D eigenvalue weighted by Gasteiger charge is 2.34. The molecule has 158 valence electrons. The van der Waals surface area contributed by atoms with Gasteiger partial charge in [-0.25, -0.2) is 0 Å². The minimum absolute atomic E-state index is 0.183. The van der Waals surface area contributed by atoms with Gasteiger partial charge >= 0.3 is 0 Å². The van der Waals surface area contributed by atoms with Gasteiger partial charge in [0.25, 0.3) is 5.91 Å². The van der Waals surface area contributed by atoms with Gasteiger partial charge in [-0.15, -0.1) is 0 Å². The Labute approximate surface area is 176 Å². The Hall–Kier alpha value is -3.09. The Morgan fingerprint density at radius 2 is 2.13 bits per heavy atom. The number of fused-ring (bicyclic) bond motifs is 1. The van der Waals surface area contributed by atoms with Crippen LogP contribution in [0.15, 0.2) is 41.2 Å². The van der Waals surface area contributed by atoms with E-state index in [1.54, 1.807) is 24.2 Å². The molecule has 3 aromatic rings. The molecule has 1 atom stereocenters. The fourth-order valence-corrected chi connectivity index (χ4v) is 4.03. The van der Waals surface area contributed by atoms with Crippen LogP contribution in [0, 0.1) is 11.3 Å². The van der Waals surface area contributed by atoms with Gasteiger partial charge < -0.3 is 14.6 Å². The first kappa shape index (κ1) is 20.2. The summed E-state index contributed by atoms with van der Waals surface area (Å²) >= 11 is 0. The molecule has 1 aromatic carbocycles. The number of rotatable bonds is 5. The zero-order valence-corrected chi connectivity index (χ0v) is 17.9. The highest BCUT2D eigenvalue weighted by molar-refractivity contribution is 6.03. The van der Waals surface area contributed by atoms with Gasteiger partial charge in [-0.2, -0.15) is 5.10 Å². The molecule has 30 heavy (non-hydrogen) atoms. The van der Waals surface area contributed by atoms with Crippen molar-refractivity contribution in [3.63, 3.8) is 0 Å². The number of benzene rings is 1. The van der Waals surface area contributed by atoms with E-state index >= 15 is 0 Å². The predicted octanol–water partition coefficient (Wildman–Crippen LogP) is 4.33. The summed E-state index contributed by atoms with van der Waals surface area (Å²) in [6.45, 7) is 7.27. The van der Waals surface area contributed by atoms with E-state index in [9.17, 15) is 4.79 Å². The number of anilines is 1. The maximum atomic E-state index is 12.9. The van der Waals surface area contributed by atoms with Crippen LogP contribution in [0.5, 0.6) is 5.75 Å². The third-order valence-electron chi connectivity index (χ3n) is 5.90. The molecule has 7 nitrogen and oxygen atoms in total. The highest BCUT2D eigenvalue weighted by Crippen LogP contribution is 2.38. The second-order valence-corrected chi connectivity index (χ2v) is 8.93. The molecule has 1 unspecified atom stereocenters. The maximum Gasteiger partial charge on any atom is 0.278 e. The van der Waals surface area contributed by atoms with Crippen LogP contribution < -0.4 is 10.1 Å². The molecule has 0 aliphatic heterocycles. The van der Waals surface area contributed by atoms with Crippen molar-refractivity contribution in [2.24, 2.45) is 11.3 Å². The summed E-state index contributed by atoms with van der Waals surface area (Å²) in [5.74, 6) is 1.89. The van der Waals surface area contributed by atoms with E-state index in [1.807, 2.05) is 24.3 Å². The topological polar surface area (TPSA) is 82.2 Å². The number of nitrogens with one attached hydrogen (secondary N) is 1. The van der Waals surface area contributed by atoms with E-state index in [1.165, 1.54) is 0 Å². The molecule has 2 aromatic heterocycles. The summed E-state index contributed by atoms with van der Waals surface area (Å²) in [5.41, 5.74) is 3.15. The van der Waals surface area contributed by atoms with Gasteiger partial charge in [0.2, 0.25) is 0 Å². The lowest BCUT2D eigenvalue weighted by Gasteiger charge is -2.33. The molecule has 0 spiro atoms. The first-order valence-corrected chi connectivity index (χ1v) is 10.3. The van der Waals surface area contributed by atoms with Crippen molar-refractivity contribution in [1.82, 2.24) is 14.9 Å². The highest BCUT2D eigenvalue weighted by atomic mass is 16.5. The molecule has 0 bridgehead atoms. The second kappa shape index (κ2) is 7.97. The summed E-state index contributed by atoms with van der Waals surface area (Å²) in [6.07, 6.45) is 6.14. The summed E-state index contributed by atoms with van der Waals surface area (Å²) in [5, 5.41) is 11.3. The second-order valence-electron chi connectivity index (χ2n) is 8.93. The summed E-state index contributed by atoms with van der Waals surface area (Å²) in [4.78, 5) is 12.9. The molecule has 1 amide bonds. The molecule has 2 heterocycles. The monoisotopic (exact) mass is 408 g/mol. The van der Waals surface area contributed by atoms with E-state index in [2.05, 4.69) is 36.3 Å². The van der Waals surface area contributed by atoms with Crippen molar-refractivity contribution in [3.8, 4) is 5.75 Å². The normalized spacial score (nSPS) is 16.2. The molecule has 0 saturated carbocycles. The average molecular weight is 409 g/mol. The first-order valence-electron chi connectivity index (χ1n) is 10.3. The van der Waals surface area contributed by atoms with Crippen LogP contribution in [-0.2, 0) is 19.4 Å². The van der Waals surface area contributed by atoms with Crippen molar-refractivity contribution in [1.29, 1.82) is 0 Å². The summed E-state index contributed by atoms with van der Waals surface area (Å²) in [6, 6.07) is 7.80. The first-order chi connectivity index (χ1) is 14.3. The molecule has 0 saturated heterocycles. The fourth-order valence-electron chi connectivity index (χ4n) is 4.03. The van der Waals surface area contributed by atoms with Crippen molar-refractivity contribution in [2.45, 2.75) is 46.6 Å². The van der Waals surface area contributed by atoms with Crippen LogP contribution in [-0.4, -0.2) is 28.0 Å². The van der Waals surface area contributed by atoms with Gasteiger partial charge in [0.05, 0.1) is 25.5 Å². The van der Waals surface area contributed by atoms with Crippen molar-refractivity contribution in [2.75, 3.05) is 12.4 Å². The van der Waals surface area contributed by atoms with Crippen LogP contribution >= 0.6 is 0 Å². The number of aryl methyl sites for hydroxylation is 1. The Bertz CT molecular complexity index is 1040. The number of methoxy groups -OCH3 is 1. The quantitative estimate of drug-likeness (QED) is 0.679. The largest absolute Gasteiger partial charge is 0.496 e. The number of hydrogen-bond acceptors (Lipinski definition) is 5. The van der Waals surface area contributed by atoms with Crippen LogP contribution in [0.4, 0.5) is 5.69 Å². The van der Waals surface area contributed by atoms with E-state index in [4.69, 9.17) is 9.26 Å². The third-order valence-corrected chi connectivity index (χ3v) is 5.90. The number of carbonyl (C=O) groups excluding carboxylic acids is 1. The number of hydrogen-bond donors (Lipinski definition) is 1. The van der Waals surface area contributed by atoms with E-state index in [0.29, 0.717) is 23.8 Å². The smallest absolute Gasteiger partial charge is 0.278 e. The SMILES string of the molecule is COc1ccccc1Cn1cc(NC(=O)c2noc3c2CC(C(C)(C)C)CC3)cn1. The lowest BCUT2D eigenvalue weighted by Crippen LogP contribution is -2.27. The number of para-hydroxylation sites is 1. The minimum Gasteiger partial charge on any atom is -0.496 e. The number of ether oxygens (including phenoxy) is 1. The molecular formula is C23H28N4O3. The van der Waals surface area contributed by atoms with Crippen molar-refractivity contribution in [3.05, 3.63) is 59.2 Å². The van der Waals surface area contributed by atoms with E-state index in [-0.39, 0.29) is 11.3 Å². The molecule has 7 heteroatoms. The van der Waals surface area contributed by atoms with Gasteiger partial charge in [-0.3, -0.25) is 9.48 Å². The van der Waals surface area contributed by atoms with Gasteiger partial charge in [0, 0.05) is 23.7 Å². The summed E-state index contributed by atoms with van der Waals surface area (Å²) < 4.78 is 12.6. The van der Waals surface area contributed by atoms with Gasteiger partial charge in [0.15, 0.2) is 5.69 Å². The van der Waals surface area contributed by atoms with Gasteiger partial charge in [-0.1, -0.05) is 44.1 Å². The molecule has 1 aliphatic rings. The van der Waals surface area contributed by atoms with Crippen LogP contribution in [0.25, 0.3) is 0 Å². The molecule has 1 aliphatic carbocycles. The van der Waals surface area contributed by atoms with Crippen molar-refractivity contribution < 1.29 is 14.1 Å². The zero-order chi connectivity index (χ0) is 21.3. The number of carbonyl (C=O) groups is 1. The molecule has 0 radical (unpaired) electrons. The van der Waals surface area contributed by atoms with Gasteiger partial charge in [0.1, 0.15) is 11.5 Å². The number of nitrogens with zero attached hydrogens (tertiary/aromatic N) is 3. The van der Waals surface area contributed by atoms with E-state index < -0.39 is 0 Å². The molecule has 4 rings (SSSR count). The third kappa shape index (κ3) is 4.10. The number of aromatic nitrogens is 3. The predicted molar refractivity (Wildman–Crippen MR) is 114 cm³/mol. The maximum absolute atomic E-state index is 12.9. The van der Waals surface area contributed by atoms with Crippen LogP contribution in [0.2, 0.25) is 0 Å². The Kier molecular flexibility index (Phi) is 5.37. The lowest BCUT2D eigenvalue weighted by atomic mass is 9.71. The van der Waals surface area contributed by atoms with Gasteiger partial charge in [-0.05, 0) is 30.2 Å². The zero-order valence-electron chi connectivity index (χ0n) is 17.9. The molecular weight excluding hydrogens is 380 g/mol. The lowest BCUT2D eigenvalue weighted by molar-refractivity contribution is 0.101. The Morgan fingerprint density at radius 3 is 2.90 bits per heavy atom. The van der Waals surface area contributed by atoms with Crippen LogP contribution in [0.1, 0.15) is 54.6 Å². The fraction of sp³-hybridized carbons (Fsp3) is 0.435. The van der Waals surface area contributed by atoms with Crippen LogP contribution in [0.3, 0.4) is 0 Å². The molecule has 0 fully saturated rings. The average Bonchev–Trinajstić information content (AvgIpc) is 3.34. The minimum atomic E-state index is -0.258. The Balaban J connectivity index is 1.47. The summed E-state index contributed by atoms with van der Waals surface area (Å²) in [7, 11) is 1.65. The van der Waals surface area contributed by atoms with Crippen molar-refractivity contribution >= 4 is 11.6 Å². The van der Waals surface area contributed by atoms with E-state index in [0.717, 1.165) is 41.9 Å². The standard InChI is InChI=1S/C23H28N4O3/c1-23(2,3)16-9-10-20-18(11-16)21(26-30-20)22(28)25-17-12-24-27(14-17)13-15-7-5-6-8-19(15)29-4/h5-8,12,14,16H,9-11,13H2,1-4H3,(H,25,28). The Morgan fingerprint density at radius 1 is 1.33 bits per heavy atom.